The second-order valence-electron chi connectivity index (χ2n) is 7.83. The number of hydrogen-bond acceptors (Lipinski definition) is 5. The number of anilines is 1. The van der Waals surface area contributed by atoms with E-state index in [2.05, 4.69) is 57.2 Å². The molecule has 3 rings (SSSR count). The molecule has 35 heavy (non-hydrogen) atoms. The molecule has 0 aliphatic rings. The number of carbonyl (C=O) groups excluding carboxylic acids is 2. The number of rotatable bonds is 10. The number of nitrogens with zero attached hydrogens (tertiary/aromatic N) is 3. The van der Waals surface area contributed by atoms with Gasteiger partial charge in [-0.05, 0) is 47.9 Å². The van der Waals surface area contributed by atoms with Crippen molar-refractivity contribution in [3.05, 3.63) is 80.5 Å². The number of thioether (sulfide) groups is 1. The summed E-state index contributed by atoms with van der Waals surface area (Å²) in [6.07, 6.45) is 1.70. The average Bonchev–Trinajstić information content (AvgIpc) is 3.20. The van der Waals surface area contributed by atoms with Crippen molar-refractivity contribution in [2.45, 2.75) is 38.0 Å². The van der Waals surface area contributed by atoms with Gasteiger partial charge in [0.05, 0.1) is 22.3 Å². The van der Waals surface area contributed by atoms with Crippen molar-refractivity contribution in [3.8, 4) is 0 Å². The van der Waals surface area contributed by atoms with Gasteiger partial charge in [-0.3, -0.25) is 9.59 Å². The summed E-state index contributed by atoms with van der Waals surface area (Å²) in [5.74, 6) is 0.477. The molecule has 0 spiro atoms. The molecule has 3 aromatic rings. The maximum absolute atomic E-state index is 12.6. The van der Waals surface area contributed by atoms with Crippen LogP contribution in [0.1, 0.15) is 41.5 Å². The van der Waals surface area contributed by atoms with Crippen LogP contribution in [0, 0.1) is 0 Å². The Kier molecular flexibility index (Phi) is 9.80. The minimum atomic E-state index is -0.319. The Labute approximate surface area is 226 Å². The first kappa shape index (κ1) is 27.3. The van der Waals surface area contributed by atoms with Gasteiger partial charge in [-0.25, -0.2) is 0 Å². The fourth-order valence-corrected chi connectivity index (χ4v) is 4.65. The van der Waals surface area contributed by atoms with Crippen LogP contribution in [-0.4, -0.2) is 32.3 Å². The van der Waals surface area contributed by atoms with Gasteiger partial charge in [0, 0.05) is 22.3 Å². The molecule has 0 saturated heterocycles. The Morgan fingerprint density at radius 2 is 1.94 bits per heavy atom. The molecule has 1 aromatic heterocycles. The predicted octanol–water partition coefficient (Wildman–Crippen LogP) is 6.32. The summed E-state index contributed by atoms with van der Waals surface area (Å²) < 4.78 is 2.77. The lowest BCUT2D eigenvalue weighted by atomic mass is 10.0. The van der Waals surface area contributed by atoms with Crippen LogP contribution in [0.15, 0.2) is 58.7 Å². The molecule has 0 aliphatic heterocycles. The summed E-state index contributed by atoms with van der Waals surface area (Å²) in [5, 5.41) is 15.4. The number of hydrogen-bond donors (Lipinski definition) is 2. The van der Waals surface area contributed by atoms with Crippen LogP contribution in [0.5, 0.6) is 0 Å². The number of carbonyl (C=O) groups is 2. The zero-order valence-corrected chi connectivity index (χ0v) is 23.1. The first-order chi connectivity index (χ1) is 16.7. The molecule has 11 heteroatoms. The number of amides is 2. The van der Waals surface area contributed by atoms with Crippen molar-refractivity contribution in [1.29, 1.82) is 0 Å². The number of allylic oxidation sites excluding steroid dienone is 1. The Bertz CT molecular complexity index is 1250. The highest BCUT2D eigenvalue weighted by atomic mass is 79.9. The smallest absolute Gasteiger partial charge is 0.251 e. The molecule has 0 unspecified atom stereocenters. The molecule has 0 aliphatic carbocycles. The summed E-state index contributed by atoms with van der Waals surface area (Å²) in [7, 11) is 0. The third-order valence-electron chi connectivity index (χ3n) is 4.94. The van der Waals surface area contributed by atoms with Crippen LogP contribution in [0.25, 0.3) is 0 Å². The van der Waals surface area contributed by atoms with Crippen LogP contribution >= 0.6 is 50.9 Å². The second kappa shape index (κ2) is 12.6. The Balaban J connectivity index is 1.64. The van der Waals surface area contributed by atoms with E-state index in [1.807, 2.05) is 18.2 Å². The lowest BCUT2D eigenvalue weighted by Crippen LogP contribution is -2.25. The average molecular weight is 597 g/mol. The minimum Gasteiger partial charge on any atom is -0.345 e. The maximum atomic E-state index is 12.6. The molecule has 0 fully saturated rings. The molecule has 2 amide bonds. The van der Waals surface area contributed by atoms with E-state index in [1.54, 1.807) is 22.8 Å². The van der Waals surface area contributed by atoms with E-state index in [9.17, 15) is 9.59 Å². The van der Waals surface area contributed by atoms with Crippen LogP contribution in [-0.2, 0) is 17.9 Å². The van der Waals surface area contributed by atoms with Crippen LogP contribution in [0.3, 0.4) is 0 Å². The standard InChI is InChI=1S/C24H24BrCl2N5O2S/c1-4-9-32-21(12-28-23(34)15-5-7-18(26)19(27)10-15)30-31-24(32)35-13-22(33)29-20-8-6-16(25)11-17(20)14(2)3/h4-8,10-11,14H,1,9,12-13H2,2-3H3,(H,28,34)(H,29,33). The molecule has 0 saturated carbocycles. The Hall–Kier alpha value is -2.33. The monoisotopic (exact) mass is 595 g/mol. The van der Waals surface area contributed by atoms with Gasteiger partial charge >= 0.3 is 0 Å². The first-order valence-corrected chi connectivity index (χ1v) is 13.2. The largest absolute Gasteiger partial charge is 0.345 e. The quantitative estimate of drug-likeness (QED) is 0.211. The van der Waals surface area contributed by atoms with E-state index >= 15 is 0 Å². The minimum absolute atomic E-state index is 0.142. The molecular weight excluding hydrogens is 573 g/mol. The number of aromatic nitrogens is 3. The van der Waals surface area contributed by atoms with Gasteiger partial charge in [0.25, 0.3) is 5.91 Å². The molecule has 2 N–H and O–H groups in total. The summed E-state index contributed by atoms with van der Waals surface area (Å²) in [5.41, 5.74) is 2.22. The van der Waals surface area contributed by atoms with Crippen molar-refractivity contribution in [2.24, 2.45) is 0 Å². The molecule has 7 nitrogen and oxygen atoms in total. The topological polar surface area (TPSA) is 88.9 Å². The molecule has 0 radical (unpaired) electrons. The summed E-state index contributed by atoms with van der Waals surface area (Å²) >= 11 is 16.7. The van der Waals surface area contributed by atoms with Crippen molar-refractivity contribution in [3.63, 3.8) is 0 Å². The lowest BCUT2D eigenvalue weighted by Gasteiger charge is -2.14. The zero-order chi connectivity index (χ0) is 25.5. The Morgan fingerprint density at radius 1 is 1.17 bits per heavy atom. The van der Waals surface area contributed by atoms with E-state index in [1.165, 1.54) is 17.8 Å². The molecule has 184 valence electrons. The highest BCUT2D eigenvalue weighted by Crippen LogP contribution is 2.28. The van der Waals surface area contributed by atoms with Gasteiger partial charge in [0.2, 0.25) is 5.91 Å². The third kappa shape index (κ3) is 7.33. The molecule has 0 bridgehead atoms. The van der Waals surface area contributed by atoms with Gasteiger partial charge in [-0.1, -0.05) is 70.8 Å². The maximum Gasteiger partial charge on any atom is 0.251 e. The second-order valence-corrected chi connectivity index (χ2v) is 10.5. The summed E-state index contributed by atoms with van der Waals surface area (Å²) in [4.78, 5) is 25.1. The number of benzene rings is 2. The van der Waals surface area contributed by atoms with E-state index in [0.717, 1.165) is 15.7 Å². The summed E-state index contributed by atoms with van der Waals surface area (Å²) in [6, 6.07) is 10.5. The van der Waals surface area contributed by atoms with E-state index < -0.39 is 0 Å². The van der Waals surface area contributed by atoms with E-state index in [0.29, 0.717) is 33.1 Å². The van der Waals surface area contributed by atoms with Crippen molar-refractivity contribution in [1.82, 2.24) is 20.1 Å². The van der Waals surface area contributed by atoms with Gasteiger partial charge in [-0.2, -0.15) is 0 Å². The fourth-order valence-electron chi connectivity index (χ4n) is 3.21. The molecule has 0 atom stereocenters. The van der Waals surface area contributed by atoms with Crippen LogP contribution < -0.4 is 10.6 Å². The molecule has 2 aromatic carbocycles. The van der Waals surface area contributed by atoms with Gasteiger partial charge in [0.15, 0.2) is 11.0 Å². The Morgan fingerprint density at radius 3 is 2.63 bits per heavy atom. The van der Waals surface area contributed by atoms with Crippen molar-refractivity contribution >= 4 is 68.4 Å². The highest BCUT2D eigenvalue weighted by Gasteiger charge is 2.16. The number of halogens is 3. The van der Waals surface area contributed by atoms with Gasteiger partial charge in [0.1, 0.15) is 0 Å². The zero-order valence-electron chi connectivity index (χ0n) is 19.1. The third-order valence-corrected chi connectivity index (χ3v) is 7.14. The predicted molar refractivity (Wildman–Crippen MR) is 145 cm³/mol. The van der Waals surface area contributed by atoms with Crippen molar-refractivity contribution in [2.75, 3.05) is 11.1 Å². The SMILES string of the molecule is C=CCn1c(CNC(=O)c2ccc(Cl)c(Cl)c2)nnc1SCC(=O)Nc1ccc(Br)cc1C(C)C. The summed E-state index contributed by atoms with van der Waals surface area (Å²) in [6.45, 7) is 8.50. The molecule has 1 heterocycles. The van der Waals surface area contributed by atoms with E-state index in [-0.39, 0.29) is 30.0 Å². The number of nitrogens with one attached hydrogen (secondary N) is 2. The van der Waals surface area contributed by atoms with Gasteiger partial charge in [-0.15, -0.1) is 16.8 Å². The lowest BCUT2D eigenvalue weighted by molar-refractivity contribution is -0.113. The molecular formula is C24H24BrCl2N5O2S. The van der Waals surface area contributed by atoms with E-state index in [4.69, 9.17) is 23.2 Å². The fraction of sp³-hybridized carbons (Fsp3) is 0.250. The van der Waals surface area contributed by atoms with Gasteiger partial charge < -0.3 is 15.2 Å². The van der Waals surface area contributed by atoms with Crippen molar-refractivity contribution < 1.29 is 9.59 Å². The highest BCUT2D eigenvalue weighted by molar-refractivity contribution is 9.10. The van der Waals surface area contributed by atoms with Crippen LogP contribution in [0.2, 0.25) is 10.0 Å². The van der Waals surface area contributed by atoms with Crippen LogP contribution in [0.4, 0.5) is 5.69 Å². The first-order valence-electron chi connectivity index (χ1n) is 10.7. The normalized spacial score (nSPS) is 10.9.